The number of benzene rings is 2. The summed E-state index contributed by atoms with van der Waals surface area (Å²) in [4.78, 5) is 29.2. The topological polar surface area (TPSA) is 82.8 Å². The fraction of sp³-hybridized carbons (Fsp3) is 0.238. The Labute approximate surface area is 203 Å². The summed E-state index contributed by atoms with van der Waals surface area (Å²) < 4.78 is 13.7. The second-order valence-electron chi connectivity index (χ2n) is 6.50. The molecule has 0 aliphatic rings. The van der Waals surface area contributed by atoms with Crippen LogP contribution in [0.5, 0.6) is 5.75 Å². The number of rotatable bonds is 6. The monoisotopic (exact) mass is 613 g/mol. The molecule has 2 aromatic carbocycles. The van der Waals surface area contributed by atoms with Crippen LogP contribution in [0.2, 0.25) is 0 Å². The molecule has 7 nitrogen and oxygen atoms in total. The third-order valence-electron chi connectivity index (χ3n) is 4.36. The molecule has 1 atom stereocenters. The summed E-state index contributed by atoms with van der Waals surface area (Å²) in [6, 6.07) is 8.93. The zero-order chi connectivity index (χ0) is 22.7. The minimum absolute atomic E-state index is 0.246. The zero-order valence-electron chi connectivity index (χ0n) is 16.9. The van der Waals surface area contributed by atoms with E-state index >= 15 is 0 Å². The third kappa shape index (κ3) is 5.24. The summed E-state index contributed by atoms with van der Waals surface area (Å²) in [7, 11) is 1.30. The van der Waals surface area contributed by atoms with Gasteiger partial charge in [0.05, 0.1) is 33.2 Å². The molecular formula is C21H18Br3N3O4. The first-order valence-corrected chi connectivity index (χ1v) is 11.6. The number of carbonyl (C=O) groups excluding carboxylic acids is 1. The van der Waals surface area contributed by atoms with Gasteiger partial charge in [-0.05, 0) is 74.7 Å². The van der Waals surface area contributed by atoms with E-state index in [-0.39, 0.29) is 5.56 Å². The average molecular weight is 616 g/mol. The van der Waals surface area contributed by atoms with Crippen molar-refractivity contribution in [2.75, 3.05) is 7.11 Å². The summed E-state index contributed by atoms with van der Waals surface area (Å²) in [5.74, 6) is 0.533. The summed E-state index contributed by atoms with van der Waals surface area (Å²) >= 11 is 10.3. The maximum absolute atomic E-state index is 13.0. The van der Waals surface area contributed by atoms with Gasteiger partial charge in [-0.2, -0.15) is 9.78 Å². The Kier molecular flexibility index (Phi) is 7.66. The number of fused-ring (bicyclic) bond motifs is 1. The molecule has 0 radical (unpaired) electrons. The van der Waals surface area contributed by atoms with Crippen LogP contribution in [-0.2, 0) is 16.0 Å². The van der Waals surface area contributed by atoms with Crippen molar-refractivity contribution in [1.29, 1.82) is 0 Å². The van der Waals surface area contributed by atoms with E-state index in [0.29, 0.717) is 43.4 Å². The second kappa shape index (κ2) is 10.1. The van der Waals surface area contributed by atoms with Crippen molar-refractivity contribution >= 4 is 70.9 Å². The molecule has 0 amide bonds. The Hall–Kier alpha value is -2.04. The molecule has 0 bridgehead atoms. The van der Waals surface area contributed by atoms with Crippen LogP contribution in [0.4, 0.5) is 0 Å². The third-order valence-corrected chi connectivity index (χ3v) is 6.03. The van der Waals surface area contributed by atoms with Crippen molar-refractivity contribution in [1.82, 2.24) is 9.66 Å². The maximum atomic E-state index is 13.0. The van der Waals surface area contributed by atoms with E-state index in [9.17, 15) is 9.59 Å². The minimum Gasteiger partial charge on any atom is -0.477 e. The fourth-order valence-corrected chi connectivity index (χ4v) is 4.59. The van der Waals surface area contributed by atoms with Gasteiger partial charge in [0.2, 0.25) is 0 Å². The van der Waals surface area contributed by atoms with Gasteiger partial charge in [-0.25, -0.2) is 9.78 Å². The highest BCUT2D eigenvalue weighted by Crippen LogP contribution is 2.35. The first-order valence-electron chi connectivity index (χ1n) is 9.24. The molecule has 0 saturated carbocycles. The summed E-state index contributed by atoms with van der Waals surface area (Å²) in [5.41, 5.74) is 1.09. The van der Waals surface area contributed by atoms with E-state index in [4.69, 9.17) is 4.74 Å². The van der Waals surface area contributed by atoms with Crippen molar-refractivity contribution in [2.45, 2.75) is 26.4 Å². The number of hydrogen-bond donors (Lipinski definition) is 0. The summed E-state index contributed by atoms with van der Waals surface area (Å²) in [6.07, 6.45) is 1.34. The first-order chi connectivity index (χ1) is 14.7. The lowest BCUT2D eigenvalue weighted by Gasteiger charge is -2.15. The van der Waals surface area contributed by atoms with Crippen LogP contribution < -0.4 is 10.3 Å². The molecule has 1 aromatic heterocycles. The fourth-order valence-electron chi connectivity index (χ4n) is 2.82. The molecule has 31 heavy (non-hydrogen) atoms. The Morgan fingerprint density at radius 2 is 1.90 bits per heavy atom. The smallest absolute Gasteiger partial charge is 0.346 e. The van der Waals surface area contributed by atoms with E-state index in [0.717, 1.165) is 4.47 Å². The summed E-state index contributed by atoms with van der Waals surface area (Å²) in [6.45, 7) is 3.52. The number of halogens is 3. The SMILES string of the molecule is CCc1nc2ccc(Br)cc2c(=O)n1N=Cc1cc(Br)c(O[C@H](C)C(=O)OC)c(Br)c1. The van der Waals surface area contributed by atoms with Crippen molar-refractivity contribution in [3.05, 3.63) is 65.5 Å². The Morgan fingerprint density at radius 3 is 2.52 bits per heavy atom. The van der Waals surface area contributed by atoms with Crippen LogP contribution in [0.15, 0.2) is 53.6 Å². The molecule has 3 aromatic rings. The average Bonchev–Trinajstić information content (AvgIpc) is 2.75. The predicted molar refractivity (Wildman–Crippen MR) is 130 cm³/mol. The Bertz CT molecular complexity index is 1220. The molecule has 0 unspecified atom stereocenters. The molecule has 1 heterocycles. The number of esters is 1. The van der Waals surface area contributed by atoms with E-state index in [1.165, 1.54) is 11.8 Å². The van der Waals surface area contributed by atoms with Gasteiger partial charge in [0.25, 0.3) is 5.56 Å². The highest BCUT2D eigenvalue weighted by Gasteiger charge is 2.18. The first kappa shape index (κ1) is 23.6. The van der Waals surface area contributed by atoms with Gasteiger partial charge in [-0.3, -0.25) is 4.79 Å². The van der Waals surface area contributed by atoms with Gasteiger partial charge < -0.3 is 9.47 Å². The molecule has 0 saturated heterocycles. The van der Waals surface area contributed by atoms with E-state index < -0.39 is 12.1 Å². The number of nitrogens with zero attached hydrogens (tertiary/aromatic N) is 3. The molecule has 0 fully saturated rings. The standard InChI is InChI=1S/C21H18Br3N3O4/c1-4-18-26-17-6-5-13(22)9-14(17)20(28)27(18)25-10-12-7-15(23)19(16(24)8-12)31-11(2)21(29)30-3/h5-11H,4H2,1-3H3/t11-/m1/s1. The minimum atomic E-state index is -0.772. The van der Waals surface area contributed by atoms with Crippen LogP contribution in [-0.4, -0.2) is 35.1 Å². The Morgan fingerprint density at radius 1 is 1.23 bits per heavy atom. The lowest BCUT2D eigenvalue weighted by atomic mass is 10.2. The van der Waals surface area contributed by atoms with Gasteiger partial charge in [-0.1, -0.05) is 22.9 Å². The summed E-state index contributed by atoms with van der Waals surface area (Å²) in [5, 5.41) is 4.86. The van der Waals surface area contributed by atoms with Crippen LogP contribution in [0, 0.1) is 0 Å². The van der Waals surface area contributed by atoms with Gasteiger partial charge in [-0.15, -0.1) is 0 Å². The largest absolute Gasteiger partial charge is 0.477 e. The Balaban J connectivity index is 1.98. The number of carbonyl (C=O) groups is 1. The highest BCUT2D eigenvalue weighted by atomic mass is 79.9. The predicted octanol–water partition coefficient (Wildman–Crippen LogP) is 5.07. The van der Waals surface area contributed by atoms with E-state index in [2.05, 4.69) is 62.6 Å². The number of aromatic nitrogens is 2. The molecule has 3 rings (SSSR count). The molecular weight excluding hydrogens is 598 g/mol. The molecule has 10 heteroatoms. The van der Waals surface area contributed by atoms with E-state index in [1.54, 1.807) is 37.4 Å². The van der Waals surface area contributed by atoms with Gasteiger partial charge in [0, 0.05) is 10.9 Å². The number of aryl methyl sites for hydroxylation is 1. The second-order valence-corrected chi connectivity index (χ2v) is 9.13. The number of methoxy groups -OCH3 is 1. The van der Waals surface area contributed by atoms with Crippen LogP contribution in [0.3, 0.4) is 0 Å². The molecule has 0 aliphatic carbocycles. The van der Waals surface area contributed by atoms with Gasteiger partial charge >= 0.3 is 5.97 Å². The van der Waals surface area contributed by atoms with Crippen LogP contribution in [0.25, 0.3) is 10.9 Å². The van der Waals surface area contributed by atoms with Gasteiger partial charge in [0.15, 0.2) is 6.10 Å². The lowest BCUT2D eigenvalue weighted by molar-refractivity contribution is -0.147. The highest BCUT2D eigenvalue weighted by molar-refractivity contribution is 9.11. The van der Waals surface area contributed by atoms with Crippen molar-refractivity contribution in [3.63, 3.8) is 0 Å². The zero-order valence-corrected chi connectivity index (χ0v) is 21.6. The lowest BCUT2D eigenvalue weighted by Crippen LogP contribution is -2.25. The maximum Gasteiger partial charge on any atom is 0.346 e. The quantitative estimate of drug-likeness (QED) is 0.286. The van der Waals surface area contributed by atoms with Crippen LogP contribution >= 0.6 is 47.8 Å². The van der Waals surface area contributed by atoms with E-state index in [1.807, 2.05) is 13.0 Å². The van der Waals surface area contributed by atoms with Crippen molar-refractivity contribution < 1.29 is 14.3 Å². The number of ether oxygens (including phenoxy) is 2. The van der Waals surface area contributed by atoms with Gasteiger partial charge in [0.1, 0.15) is 11.6 Å². The molecule has 0 N–H and O–H groups in total. The van der Waals surface area contributed by atoms with Crippen LogP contribution in [0.1, 0.15) is 25.2 Å². The molecule has 162 valence electrons. The normalized spacial score (nSPS) is 12.3. The van der Waals surface area contributed by atoms with Crippen molar-refractivity contribution in [3.8, 4) is 5.75 Å². The number of hydrogen-bond acceptors (Lipinski definition) is 6. The molecule has 0 aliphatic heterocycles. The molecule has 0 spiro atoms. The van der Waals surface area contributed by atoms with Crippen molar-refractivity contribution in [2.24, 2.45) is 5.10 Å².